The van der Waals surface area contributed by atoms with E-state index in [2.05, 4.69) is 14.0 Å². The minimum atomic E-state index is -1.59. The Labute approximate surface area is 124 Å². The molecule has 0 aromatic heterocycles. The molecule has 0 heterocycles. The first-order valence-corrected chi connectivity index (χ1v) is 4.59. The summed E-state index contributed by atoms with van der Waals surface area (Å²) in [5, 5.41) is 0. The molecule has 0 N–H and O–H groups in total. The first-order valence-electron chi connectivity index (χ1n) is 4.59. The third-order valence-electron chi connectivity index (χ3n) is 0.787. The van der Waals surface area contributed by atoms with E-state index in [1.54, 1.807) is 0 Å². The van der Waals surface area contributed by atoms with E-state index in [9.17, 15) is 14.4 Å². The molecule has 0 aliphatic rings. The fourth-order valence-electron chi connectivity index (χ4n) is 0.479. The molecular formula is C9H16BNaO6. The van der Waals surface area contributed by atoms with Crippen LogP contribution in [0.15, 0.2) is 0 Å². The van der Waals surface area contributed by atoms with Crippen molar-refractivity contribution in [2.45, 2.75) is 34.6 Å². The van der Waals surface area contributed by atoms with Crippen LogP contribution in [0.2, 0.25) is 0 Å². The zero-order valence-corrected chi connectivity index (χ0v) is 13.1. The molecule has 0 rings (SSSR count). The van der Waals surface area contributed by atoms with Crippen LogP contribution in [0.5, 0.6) is 0 Å². The van der Waals surface area contributed by atoms with Crippen molar-refractivity contribution in [2.24, 2.45) is 0 Å². The van der Waals surface area contributed by atoms with Crippen molar-refractivity contribution in [3.63, 3.8) is 0 Å². The molecule has 0 saturated carbocycles. The minimum absolute atomic E-state index is 0. The zero-order chi connectivity index (χ0) is 13.1. The maximum absolute atomic E-state index is 10.4. The van der Waals surface area contributed by atoms with E-state index in [4.69, 9.17) is 0 Å². The van der Waals surface area contributed by atoms with Crippen molar-refractivity contribution >= 4 is 25.2 Å². The Morgan fingerprint density at radius 2 is 1.00 bits per heavy atom. The van der Waals surface area contributed by atoms with Crippen LogP contribution in [0.1, 0.15) is 34.6 Å². The van der Waals surface area contributed by atoms with Crippen LogP contribution in [-0.2, 0) is 28.3 Å². The molecule has 0 aromatic rings. The Hall–Kier alpha value is -0.525. The predicted molar refractivity (Wildman–Crippen MR) is 56.7 cm³/mol. The van der Waals surface area contributed by atoms with Gasteiger partial charge in [-0.1, -0.05) is 0 Å². The summed E-state index contributed by atoms with van der Waals surface area (Å²) in [6.07, 6.45) is 2.00. The Morgan fingerprint density at radius 1 is 0.824 bits per heavy atom. The van der Waals surface area contributed by atoms with Gasteiger partial charge in [0.15, 0.2) is 0 Å². The van der Waals surface area contributed by atoms with Gasteiger partial charge in [0.2, 0.25) is 0 Å². The third kappa shape index (κ3) is 21.3. The first-order chi connectivity index (χ1) is 7.33. The number of carbonyl (C=O) groups is 3. The minimum Gasteiger partial charge on any atom is -0.462 e. The number of rotatable bonds is 3. The van der Waals surface area contributed by atoms with Crippen molar-refractivity contribution in [3.05, 3.63) is 6.42 Å². The van der Waals surface area contributed by atoms with Gasteiger partial charge in [-0.15, -0.1) is 0 Å². The van der Waals surface area contributed by atoms with Gasteiger partial charge in [-0.25, -0.2) is 0 Å². The zero-order valence-electron chi connectivity index (χ0n) is 11.1. The van der Waals surface area contributed by atoms with Gasteiger partial charge < -0.3 is 20.4 Å². The van der Waals surface area contributed by atoms with E-state index in [1.165, 1.54) is 0 Å². The molecular weight excluding hydrogens is 238 g/mol. The van der Waals surface area contributed by atoms with Crippen molar-refractivity contribution in [1.82, 2.24) is 0 Å². The van der Waals surface area contributed by atoms with Gasteiger partial charge in [0, 0.05) is 20.8 Å². The molecule has 0 amide bonds. The summed E-state index contributed by atoms with van der Waals surface area (Å²) in [4.78, 5) is 31.2. The summed E-state index contributed by atoms with van der Waals surface area (Å²) >= 11 is 0. The van der Waals surface area contributed by atoms with Gasteiger partial charge in [-0.2, -0.15) is 13.8 Å². The first kappa shape index (κ1) is 21.7. The summed E-state index contributed by atoms with van der Waals surface area (Å²) in [5.41, 5.74) is 0. The fraction of sp³-hybridized carbons (Fsp3) is 0.556. The standard InChI is InChI=1S/C6H9BO6.C3H7.Na/c1-4(8)11-7(12-5(2)9)13-6(3)10;1-3-2;/h1-3H3;3H,1-2H3;/q;-1;+1. The van der Waals surface area contributed by atoms with Crippen molar-refractivity contribution < 1.29 is 57.9 Å². The molecule has 0 aliphatic heterocycles. The SMILES string of the molecule is CC(=O)OB(OC(C)=O)OC(C)=O.C[CH-]C.[Na+]. The normalized spacial score (nSPS) is 7.59. The second-order valence-electron chi connectivity index (χ2n) is 2.69. The van der Waals surface area contributed by atoms with Crippen molar-refractivity contribution in [2.75, 3.05) is 0 Å². The van der Waals surface area contributed by atoms with Crippen LogP contribution in [-0.4, -0.2) is 25.2 Å². The van der Waals surface area contributed by atoms with E-state index in [0.29, 0.717) is 0 Å². The van der Waals surface area contributed by atoms with Crippen LogP contribution >= 0.6 is 0 Å². The van der Waals surface area contributed by atoms with Crippen LogP contribution < -0.4 is 29.6 Å². The summed E-state index contributed by atoms with van der Waals surface area (Å²) < 4.78 is 13.0. The maximum atomic E-state index is 10.4. The number of hydrogen-bond acceptors (Lipinski definition) is 6. The Kier molecular flexibility index (Phi) is 17.3. The second-order valence-corrected chi connectivity index (χ2v) is 2.69. The maximum Gasteiger partial charge on any atom is 1.00 e. The summed E-state index contributed by atoms with van der Waals surface area (Å²) in [6, 6.07) is 0. The van der Waals surface area contributed by atoms with Gasteiger partial charge in [-0.3, -0.25) is 14.4 Å². The third-order valence-corrected chi connectivity index (χ3v) is 0.787. The van der Waals surface area contributed by atoms with Gasteiger partial charge in [0.25, 0.3) is 17.9 Å². The molecule has 0 saturated heterocycles. The van der Waals surface area contributed by atoms with E-state index >= 15 is 0 Å². The average Bonchev–Trinajstić information content (AvgIpc) is 2.00. The summed E-state index contributed by atoms with van der Waals surface area (Å²) in [5.74, 6) is -2.15. The molecule has 0 aromatic carbocycles. The molecule has 0 atom stereocenters. The van der Waals surface area contributed by atoms with E-state index < -0.39 is 25.2 Å². The summed E-state index contributed by atoms with van der Waals surface area (Å²) in [7, 11) is -1.59. The van der Waals surface area contributed by atoms with Crippen LogP contribution in [0.4, 0.5) is 0 Å². The van der Waals surface area contributed by atoms with Gasteiger partial charge in [0.05, 0.1) is 0 Å². The second kappa shape index (κ2) is 13.5. The molecule has 0 aliphatic carbocycles. The van der Waals surface area contributed by atoms with E-state index in [1.807, 2.05) is 20.3 Å². The Balaban J connectivity index is -0.000000440. The molecule has 8 heteroatoms. The molecule has 0 bridgehead atoms. The molecule has 17 heavy (non-hydrogen) atoms. The number of carbonyl (C=O) groups excluding carboxylic acids is 3. The van der Waals surface area contributed by atoms with Crippen LogP contribution in [0.3, 0.4) is 0 Å². The fourth-order valence-corrected chi connectivity index (χ4v) is 0.479. The quantitative estimate of drug-likeness (QED) is 0.424. The monoisotopic (exact) mass is 254 g/mol. The molecule has 92 valence electrons. The Morgan fingerprint density at radius 3 is 1.12 bits per heavy atom. The van der Waals surface area contributed by atoms with E-state index in [0.717, 1.165) is 20.8 Å². The molecule has 0 unspecified atom stereocenters. The van der Waals surface area contributed by atoms with Gasteiger partial charge in [-0.05, 0) is 0 Å². The largest absolute Gasteiger partial charge is 1.00 e. The van der Waals surface area contributed by atoms with Crippen LogP contribution in [0.25, 0.3) is 0 Å². The molecule has 6 nitrogen and oxygen atoms in total. The smallest absolute Gasteiger partial charge is 0.462 e. The van der Waals surface area contributed by atoms with E-state index in [-0.39, 0.29) is 29.6 Å². The van der Waals surface area contributed by atoms with Crippen molar-refractivity contribution in [3.8, 4) is 0 Å². The molecule has 0 spiro atoms. The van der Waals surface area contributed by atoms with Gasteiger partial charge in [0.1, 0.15) is 0 Å². The molecule has 0 radical (unpaired) electrons. The van der Waals surface area contributed by atoms with Crippen molar-refractivity contribution in [1.29, 1.82) is 0 Å². The predicted octanol–water partition coefficient (Wildman–Crippen LogP) is -2.10. The number of hydrogen-bond donors (Lipinski definition) is 0. The topological polar surface area (TPSA) is 78.9 Å². The average molecular weight is 254 g/mol. The Bertz CT molecular complexity index is 208. The van der Waals surface area contributed by atoms with Gasteiger partial charge >= 0.3 is 36.9 Å². The van der Waals surface area contributed by atoms with Crippen LogP contribution in [0, 0.1) is 6.42 Å². The molecule has 0 fully saturated rings. The summed E-state index contributed by atoms with van der Waals surface area (Å²) in [6.45, 7) is 7.29.